The number of aliphatic hydroxyl groups excluding tert-OH is 4. The quantitative estimate of drug-likeness (QED) is 0.491. The van der Waals surface area contributed by atoms with E-state index >= 15 is 0 Å². The Hall–Kier alpha value is -2.40. The lowest BCUT2D eigenvalue weighted by atomic mass is 9.95. The zero-order valence-electron chi connectivity index (χ0n) is 16.4. The zero-order chi connectivity index (χ0) is 20.7. The van der Waals surface area contributed by atoms with Gasteiger partial charge in [0.25, 0.3) is 0 Å². The number of ether oxygens (including phenoxy) is 1. The van der Waals surface area contributed by atoms with Gasteiger partial charge in [-0.1, -0.05) is 23.5 Å². The minimum atomic E-state index is -1.42. The van der Waals surface area contributed by atoms with Crippen LogP contribution in [0.2, 0.25) is 0 Å². The lowest BCUT2D eigenvalue weighted by molar-refractivity contribution is -0.214. The molecule has 29 heavy (non-hydrogen) atoms. The fourth-order valence-electron chi connectivity index (χ4n) is 4.01. The molecule has 2 aromatic carbocycles. The lowest BCUT2D eigenvalue weighted by Gasteiger charge is -2.37. The van der Waals surface area contributed by atoms with E-state index in [4.69, 9.17) is 4.74 Å². The number of aryl methyl sites for hydroxylation is 2. The highest BCUT2D eigenvalue weighted by atomic mass is 16.5. The first-order valence-corrected chi connectivity index (χ1v) is 9.79. The molecule has 0 spiro atoms. The number of rotatable bonds is 2. The van der Waals surface area contributed by atoms with Crippen molar-refractivity contribution in [2.24, 2.45) is 0 Å². The molecular formula is C23H25NO5. The number of hydrogen-bond donors (Lipinski definition) is 4. The monoisotopic (exact) mass is 395 g/mol. The third-order valence-corrected chi connectivity index (χ3v) is 5.59. The second-order valence-corrected chi connectivity index (χ2v) is 7.52. The SMILES string of the molecule is CCn1c2ccc(C)cc2c2cc(C#C[C@H]3O[C@H](CO)[C@@H](O)[C@H](O)[C@@H]3O)ccc21. The van der Waals surface area contributed by atoms with Crippen molar-refractivity contribution in [2.75, 3.05) is 6.61 Å². The van der Waals surface area contributed by atoms with Crippen LogP contribution in [-0.4, -0.2) is 62.1 Å². The Labute approximate surface area is 169 Å². The van der Waals surface area contributed by atoms with Crippen LogP contribution in [0.3, 0.4) is 0 Å². The summed E-state index contributed by atoms with van der Waals surface area (Å²) in [7, 11) is 0. The molecule has 5 atom stereocenters. The number of benzene rings is 2. The highest BCUT2D eigenvalue weighted by Gasteiger charge is 2.42. The van der Waals surface area contributed by atoms with E-state index in [1.807, 2.05) is 18.2 Å². The van der Waals surface area contributed by atoms with E-state index < -0.39 is 37.1 Å². The van der Waals surface area contributed by atoms with Gasteiger partial charge in [-0.05, 0) is 44.2 Å². The third-order valence-electron chi connectivity index (χ3n) is 5.59. The predicted molar refractivity (Wildman–Crippen MR) is 111 cm³/mol. The second kappa shape index (κ2) is 7.79. The highest BCUT2D eigenvalue weighted by Crippen LogP contribution is 2.30. The average Bonchev–Trinajstić information content (AvgIpc) is 3.03. The van der Waals surface area contributed by atoms with E-state index in [1.54, 1.807) is 0 Å². The molecule has 152 valence electrons. The summed E-state index contributed by atoms with van der Waals surface area (Å²) in [6, 6.07) is 12.4. The van der Waals surface area contributed by atoms with Gasteiger partial charge in [-0.3, -0.25) is 0 Å². The summed E-state index contributed by atoms with van der Waals surface area (Å²) in [6.45, 7) is 4.58. The fourth-order valence-corrected chi connectivity index (χ4v) is 4.01. The van der Waals surface area contributed by atoms with Crippen LogP contribution in [0.4, 0.5) is 0 Å². The molecular weight excluding hydrogens is 370 g/mol. The summed E-state index contributed by atoms with van der Waals surface area (Å²) in [5, 5.41) is 41.5. The predicted octanol–water partition coefficient (Wildman–Crippen LogP) is 1.32. The molecule has 1 aliphatic rings. The molecule has 0 aliphatic carbocycles. The van der Waals surface area contributed by atoms with Gasteiger partial charge in [0, 0.05) is 33.9 Å². The van der Waals surface area contributed by atoms with Crippen molar-refractivity contribution in [3.8, 4) is 11.8 Å². The summed E-state index contributed by atoms with van der Waals surface area (Å²) in [6.07, 6.45) is -6.11. The van der Waals surface area contributed by atoms with E-state index in [0.29, 0.717) is 0 Å². The van der Waals surface area contributed by atoms with Crippen LogP contribution >= 0.6 is 0 Å². The first kappa shape index (κ1) is 19.9. The molecule has 0 bridgehead atoms. The maximum absolute atomic E-state index is 10.2. The van der Waals surface area contributed by atoms with Crippen LogP contribution < -0.4 is 0 Å². The Balaban J connectivity index is 1.73. The van der Waals surface area contributed by atoms with Crippen molar-refractivity contribution in [3.05, 3.63) is 47.5 Å². The minimum Gasteiger partial charge on any atom is -0.394 e. The number of aromatic nitrogens is 1. The Bertz CT molecular complexity index is 1110. The molecule has 2 heterocycles. The minimum absolute atomic E-state index is 0.467. The lowest BCUT2D eigenvalue weighted by Crippen LogP contribution is -2.58. The van der Waals surface area contributed by atoms with Crippen molar-refractivity contribution in [1.82, 2.24) is 4.57 Å². The van der Waals surface area contributed by atoms with Crippen LogP contribution in [0.1, 0.15) is 18.1 Å². The maximum Gasteiger partial charge on any atom is 0.147 e. The van der Waals surface area contributed by atoms with Crippen LogP contribution in [0.5, 0.6) is 0 Å². The number of nitrogens with zero attached hydrogens (tertiary/aromatic N) is 1. The van der Waals surface area contributed by atoms with Gasteiger partial charge in [-0.2, -0.15) is 0 Å². The van der Waals surface area contributed by atoms with Gasteiger partial charge in [0.1, 0.15) is 30.5 Å². The van der Waals surface area contributed by atoms with E-state index in [2.05, 4.69) is 48.5 Å². The number of aliphatic hydroxyl groups is 4. The summed E-state index contributed by atoms with van der Waals surface area (Å²) in [5.74, 6) is 5.84. The van der Waals surface area contributed by atoms with Gasteiger partial charge >= 0.3 is 0 Å². The van der Waals surface area contributed by atoms with Crippen molar-refractivity contribution in [1.29, 1.82) is 0 Å². The number of fused-ring (bicyclic) bond motifs is 3. The van der Waals surface area contributed by atoms with Gasteiger partial charge in [0.2, 0.25) is 0 Å². The molecule has 1 aliphatic heterocycles. The molecule has 6 heteroatoms. The topological polar surface area (TPSA) is 95.1 Å². The van der Waals surface area contributed by atoms with Crippen LogP contribution in [0.25, 0.3) is 21.8 Å². The first-order chi connectivity index (χ1) is 13.9. The highest BCUT2D eigenvalue weighted by molar-refractivity contribution is 6.08. The van der Waals surface area contributed by atoms with Gasteiger partial charge in [-0.15, -0.1) is 0 Å². The molecule has 0 radical (unpaired) electrons. The first-order valence-electron chi connectivity index (χ1n) is 9.79. The summed E-state index contributed by atoms with van der Waals surface area (Å²) in [5.41, 5.74) is 4.25. The molecule has 4 rings (SSSR count). The standard InChI is InChI=1S/C23H25NO5/c1-3-24-17-7-4-13(2)10-15(17)16-11-14(5-8-18(16)24)6-9-19-21(26)23(28)22(27)20(12-25)29-19/h4-5,7-8,10-11,19-23,25-28H,3,12H2,1-2H3/t19-,20-,21-,22-,23-/m1/s1. The van der Waals surface area contributed by atoms with Gasteiger partial charge in [0.15, 0.2) is 0 Å². The fraction of sp³-hybridized carbons (Fsp3) is 0.391. The Morgan fingerprint density at radius 1 is 0.966 bits per heavy atom. The molecule has 1 saturated heterocycles. The molecule has 1 fully saturated rings. The summed E-state index contributed by atoms with van der Waals surface area (Å²) < 4.78 is 7.72. The molecule has 0 unspecified atom stereocenters. The molecule has 6 nitrogen and oxygen atoms in total. The third kappa shape index (κ3) is 3.42. The molecule has 1 aromatic heterocycles. The van der Waals surface area contributed by atoms with E-state index in [-0.39, 0.29) is 0 Å². The normalized spacial score (nSPS) is 27.2. The molecule has 0 saturated carbocycles. The smallest absolute Gasteiger partial charge is 0.147 e. The van der Waals surface area contributed by atoms with Crippen molar-refractivity contribution in [3.63, 3.8) is 0 Å². The maximum atomic E-state index is 10.2. The van der Waals surface area contributed by atoms with Gasteiger partial charge < -0.3 is 29.7 Å². The van der Waals surface area contributed by atoms with Gasteiger partial charge in [-0.25, -0.2) is 0 Å². The molecule has 4 N–H and O–H groups in total. The molecule has 0 amide bonds. The van der Waals surface area contributed by atoms with Crippen molar-refractivity contribution >= 4 is 21.8 Å². The van der Waals surface area contributed by atoms with Crippen LogP contribution in [0, 0.1) is 18.8 Å². The van der Waals surface area contributed by atoms with Gasteiger partial charge in [0.05, 0.1) is 6.61 Å². The Morgan fingerprint density at radius 3 is 2.34 bits per heavy atom. The van der Waals surface area contributed by atoms with Crippen molar-refractivity contribution < 1.29 is 25.2 Å². The Morgan fingerprint density at radius 2 is 1.66 bits per heavy atom. The van der Waals surface area contributed by atoms with E-state index in [0.717, 1.165) is 23.0 Å². The summed E-state index contributed by atoms with van der Waals surface area (Å²) >= 11 is 0. The van der Waals surface area contributed by atoms with Crippen LogP contribution in [-0.2, 0) is 11.3 Å². The van der Waals surface area contributed by atoms with E-state index in [9.17, 15) is 20.4 Å². The van der Waals surface area contributed by atoms with E-state index in [1.165, 1.54) is 16.5 Å². The van der Waals surface area contributed by atoms with Crippen LogP contribution in [0.15, 0.2) is 36.4 Å². The average molecular weight is 395 g/mol. The second-order valence-electron chi connectivity index (χ2n) is 7.52. The zero-order valence-corrected chi connectivity index (χ0v) is 16.4. The largest absolute Gasteiger partial charge is 0.394 e. The summed E-state index contributed by atoms with van der Waals surface area (Å²) in [4.78, 5) is 0. The Kier molecular flexibility index (Phi) is 5.34. The molecule has 3 aromatic rings. The number of hydrogen-bond acceptors (Lipinski definition) is 5. The van der Waals surface area contributed by atoms with Crippen molar-refractivity contribution in [2.45, 2.75) is 50.9 Å².